The minimum Gasteiger partial charge on any atom is -0.507 e. The molecular weight excluding hydrogens is 372 g/mol. The number of aromatic hydroxyl groups is 1. The highest BCUT2D eigenvalue weighted by Crippen LogP contribution is 2.35. The standard InChI is InChI=1S/C26H46O.CH4S/c1-6-8-10-12-14-16-18-22-20-23(19-17-15-13-11-9-7-2)25(27)24(21-22)26(3,4)5;1-2/h20-21,27H,6-19H2,1-5H3;2H,1H3. The van der Waals surface area contributed by atoms with E-state index in [-0.39, 0.29) is 5.41 Å². The molecule has 0 aliphatic rings. The van der Waals surface area contributed by atoms with Crippen LogP contribution in [0.4, 0.5) is 0 Å². The molecule has 2 heteroatoms. The van der Waals surface area contributed by atoms with E-state index in [0.29, 0.717) is 5.75 Å². The van der Waals surface area contributed by atoms with Gasteiger partial charge in [-0.25, -0.2) is 0 Å². The highest BCUT2D eigenvalue weighted by atomic mass is 32.1. The molecule has 0 aromatic heterocycles. The van der Waals surface area contributed by atoms with E-state index in [1.165, 1.54) is 88.2 Å². The Hall–Kier alpha value is -0.630. The second-order valence-corrected chi connectivity index (χ2v) is 9.44. The van der Waals surface area contributed by atoms with Gasteiger partial charge < -0.3 is 5.11 Å². The SMILES string of the molecule is CCCCCCCCc1cc(CCCCCCCC)c(O)c(C(C)(C)C)c1.CS. The molecule has 1 nitrogen and oxygen atoms in total. The van der Waals surface area contributed by atoms with E-state index in [1.807, 2.05) is 0 Å². The molecule has 1 aromatic rings. The average molecular weight is 423 g/mol. The fourth-order valence-electron chi connectivity index (χ4n) is 3.87. The molecule has 29 heavy (non-hydrogen) atoms. The maximum Gasteiger partial charge on any atom is 0.122 e. The van der Waals surface area contributed by atoms with Crippen molar-refractivity contribution < 1.29 is 5.11 Å². The van der Waals surface area contributed by atoms with Crippen LogP contribution in [0, 0.1) is 0 Å². The predicted molar refractivity (Wildman–Crippen MR) is 136 cm³/mol. The van der Waals surface area contributed by atoms with Gasteiger partial charge in [0.2, 0.25) is 0 Å². The lowest BCUT2D eigenvalue weighted by atomic mass is 9.82. The molecular formula is C27H50OS. The second kappa shape index (κ2) is 17.1. The van der Waals surface area contributed by atoms with Gasteiger partial charge in [-0.2, -0.15) is 12.6 Å². The van der Waals surface area contributed by atoms with Crippen molar-refractivity contribution in [2.75, 3.05) is 6.26 Å². The van der Waals surface area contributed by atoms with Crippen molar-refractivity contribution in [1.29, 1.82) is 0 Å². The largest absolute Gasteiger partial charge is 0.507 e. The zero-order valence-electron chi connectivity index (χ0n) is 20.4. The summed E-state index contributed by atoms with van der Waals surface area (Å²) in [6.07, 6.45) is 19.7. The number of phenolic OH excluding ortho intramolecular Hbond substituents is 1. The molecule has 0 atom stereocenters. The molecule has 0 fully saturated rings. The van der Waals surface area contributed by atoms with E-state index < -0.39 is 0 Å². The normalized spacial score (nSPS) is 11.3. The van der Waals surface area contributed by atoms with Crippen molar-refractivity contribution in [2.45, 2.75) is 130 Å². The molecule has 0 unspecified atom stereocenters. The molecule has 0 bridgehead atoms. The van der Waals surface area contributed by atoms with Gasteiger partial charge in [-0.1, -0.05) is 111 Å². The molecule has 0 heterocycles. The first-order valence-corrected chi connectivity index (χ1v) is 13.1. The van der Waals surface area contributed by atoms with Crippen LogP contribution in [0.3, 0.4) is 0 Å². The summed E-state index contributed by atoms with van der Waals surface area (Å²) in [5, 5.41) is 10.9. The van der Waals surface area contributed by atoms with Crippen LogP contribution >= 0.6 is 12.6 Å². The van der Waals surface area contributed by atoms with E-state index in [1.54, 1.807) is 6.26 Å². The average Bonchev–Trinajstić information content (AvgIpc) is 2.69. The summed E-state index contributed by atoms with van der Waals surface area (Å²) >= 11 is 3.53. The van der Waals surface area contributed by atoms with Crippen molar-refractivity contribution >= 4 is 12.6 Å². The zero-order chi connectivity index (χ0) is 22.1. The van der Waals surface area contributed by atoms with Gasteiger partial charge >= 0.3 is 0 Å². The number of aryl methyl sites for hydroxylation is 2. The summed E-state index contributed by atoms with van der Waals surface area (Å²) in [6.45, 7) is 11.2. The van der Waals surface area contributed by atoms with Crippen LogP contribution in [0.2, 0.25) is 0 Å². The summed E-state index contributed by atoms with van der Waals surface area (Å²) in [6, 6.07) is 4.56. The van der Waals surface area contributed by atoms with E-state index >= 15 is 0 Å². The first kappa shape index (κ1) is 28.4. The fourth-order valence-corrected chi connectivity index (χ4v) is 3.87. The van der Waals surface area contributed by atoms with Gasteiger partial charge in [0.1, 0.15) is 5.75 Å². The molecule has 1 aromatic carbocycles. The minimum atomic E-state index is -0.00288. The molecule has 0 radical (unpaired) electrons. The molecule has 0 saturated heterocycles. The lowest BCUT2D eigenvalue weighted by Crippen LogP contribution is -2.13. The zero-order valence-corrected chi connectivity index (χ0v) is 21.3. The highest BCUT2D eigenvalue weighted by molar-refractivity contribution is 7.79. The minimum absolute atomic E-state index is 0.00288. The number of rotatable bonds is 14. The summed E-state index contributed by atoms with van der Waals surface area (Å²) in [4.78, 5) is 0. The Morgan fingerprint density at radius 1 is 0.690 bits per heavy atom. The van der Waals surface area contributed by atoms with Gasteiger partial charge in [-0.05, 0) is 54.0 Å². The van der Waals surface area contributed by atoms with Crippen molar-refractivity contribution in [3.8, 4) is 5.75 Å². The number of benzene rings is 1. The quantitative estimate of drug-likeness (QED) is 0.226. The molecule has 0 aliphatic heterocycles. The van der Waals surface area contributed by atoms with Crippen LogP contribution in [0.25, 0.3) is 0 Å². The second-order valence-electron chi connectivity index (χ2n) is 9.44. The van der Waals surface area contributed by atoms with Crippen LogP contribution in [-0.4, -0.2) is 11.4 Å². The smallest absolute Gasteiger partial charge is 0.122 e. The fraction of sp³-hybridized carbons (Fsp3) is 0.778. The molecule has 0 saturated carbocycles. The third kappa shape index (κ3) is 12.6. The lowest BCUT2D eigenvalue weighted by molar-refractivity contribution is 0.438. The van der Waals surface area contributed by atoms with Crippen LogP contribution in [0.5, 0.6) is 5.75 Å². The third-order valence-electron chi connectivity index (χ3n) is 5.68. The maximum atomic E-state index is 10.9. The van der Waals surface area contributed by atoms with Gasteiger partial charge in [0.15, 0.2) is 0 Å². The Kier molecular flexibility index (Phi) is 16.7. The molecule has 1 N–H and O–H groups in total. The first-order valence-electron chi connectivity index (χ1n) is 12.2. The Morgan fingerprint density at radius 3 is 1.62 bits per heavy atom. The summed E-state index contributed by atoms with van der Waals surface area (Å²) in [7, 11) is 0. The van der Waals surface area contributed by atoms with Crippen molar-refractivity contribution in [3.63, 3.8) is 0 Å². The third-order valence-corrected chi connectivity index (χ3v) is 5.68. The van der Waals surface area contributed by atoms with E-state index in [9.17, 15) is 5.11 Å². The van der Waals surface area contributed by atoms with Crippen molar-refractivity contribution in [3.05, 3.63) is 28.8 Å². The molecule has 0 amide bonds. The molecule has 1 rings (SSSR count). The topological polar surface area (TPSA) is 20.2 Å². The lowest BCUT2D eigenvalue weighted by Gasteiger charge is -2.23. The van der Waals surface area contributed by atoms with E-state index in [2.05, 4.69) is 59.4 Å². The van der Waals surface area contributed by atoms with Crippen LogP contribution < -0.4 is 0 Å². The van der Waals surface area contributed by atoms with Gasteiger partial charge in [-0.15, -0.1) is 0 Å². The van der Waals surface area contributed by atoms with Gasteiger partial charge in [0, 0.05) is 0 Å². The van der Waals surface area contributed by atoms with Crippen molar-refractivity contribution in [1.82, 2.24) is 0 Å². The van der Waals surface area contributed by atoms with Gasteiger partial charge in [0.05, 0.1) is 0 Å². The predicted octanol–water partition coefficient (Wildman–Crippen LogP) is 9.04. The number of hydrogen-bond acceptors (Lipinski definition) is 2. The monoisotopic (exact) mass is 422 g/mol. The summed E-state index contributed by atoms with van der Waals surface area (Å²) < 4.78 is 0. The molecule has 170 valence electrons. The van der Waals surface area contributed by atoms with E-state index in [4.69, 9.17) is 0 Å². The van der Waals surface area contributed by atoms with Crippen molar-refractivity contribution in [2.24, 2.45) is 0 Å². The summed E-state index contributed by atoms with van der Waals surface area (Å²) in [5.74, 6) is 0.558. The molecule has 0 spiro atoms. The number of phenols is 1. The Morgan fingerprint density at radius 2 is 1.14 bits per heavy atom. The van der Waals surface area contributed by atoms with E-state index in [0.717, 1.165) is 18.4 Å². The first-order chi connectivity index (χ1) is 13.9. The number of unbranched alkanes of at least 4 members (excludes halogenated alkanes) is 10. The molecule has 0 aliphatic carbocycles. The number of hydrogen-bond donors (Lipinski definition) is 2. The maximum absolute atomic E-state index is 10.9. The Labute approximate surface area is 188 Å². The Balaban J connectivity index is 0.00000379. The van der Waals surface area contributed by atoms with Crippen LogP contribution in [0.1, 0.15) is 128 Å². The van der Waals surface area contributed by atoms with Gasteiger partial charge in [-0.3, -0.25) is 0 Å². The summed E-state index contributed by atoms with van der Waals surface area (Å²) in [5.41, 5.74) is 3.73. The number of thiol groups is 1. The van der Waals surface area contributed by atoms with Crippen LogP contribution in [-0.2, 0) is 18.3 Å². The van der Waals surface area contributed by atoms with Crippen LogP contribution in [0.15, 0.2) is 12.1 Å². The Bertz CT molecular complexity index is 516. The van der Waals surface area contributed by atoms with Gasteiger partial charge in [0.25, 0.3) is 0 Å². The highest BCUT2D eigenvalue weighted by Gasteiger charge is 2.21.